The van der Waals surface area contributed by atoms with Gasteiger partial charge >= 0.3 is 5.97 Å². The monoisotopic (exact) mass is 390 g/mol. The molecule has 2 heterocycles. The second kappa shape index (κ2) is 8.03. The number of ether oxygens (including phenoxy) is 1. The zero-order valence-electron chi connectivity index (χ0n) is 14.4. The van der Waals surface area contributed by atoms with Gasteiger partial charge in [-0.15, -0.1) is 11.3 Å². The Balaban J connectivity index is 0.00000225. The van der Waals surface area contributed by atoms with Gasteiger partial charge in [0, 0.05) is 16.3 Å². The zero-order chi connectivity index (χ0) is 18.8. The number of hydrogen-bond donors (Lipinski definition) is 0. The average Bonchev–Trinajstić information content (AvgIpc) is 3.33. The Labute approximate surface area is 166 Å². The smallest absolute Gasteiger partial charge is 0.357 e. The minimum atomic E-state index is -0.461. The molecule has 0 N–H and O–H groups in total. The fourth-order valence-electron chi connectivity index (χ4n) is 2.80. The molecule has 0 fully saturated rings. The highest BCUT2D eigenvalue weighted by molar-refractivity contribution is 7.12. The van der Waals surface area contributed by atoms with Crippen LogP contribution in [-0.2, 0) is 4.74 Å². The normalized spacial score (nSPS) is 10.3. The van der Waals surface area contributed by atoms with E-state index in [9.17, 15) is 10.1 Å². The Hall–Kier alpha value is -3.50. The highest BCUT2D eigenvalue weighted by Crippen LogP contribution is 2.31. The molecule has 0 radical (unpaired) electrons. The van der Waals surface area contributed by atoms with Crippen LogP contribution in [0.4, 0.5) is 0 Å². The van der Waals surface area contributed by atoms with Crippen LogP contribution in [0.15, 0.2) is 53.9 Å². The van der Waals surface area contributed by atoms with Crippen molar-refractivity contribution in [3.8, 4) is 22.5 Å². The number of aromatic nitrogens is 3. The third-order valence-electron chi connectivity index (χ3n) is 4.02. The number of carbonyl (C=O) groups is 1. The summed E-state index contributed by atoms with van der Waals surface area (Å²) in [7, 11) is 0. The maximum atomic E-state index is 11.9. The summed E-state index contributed by atoms with van der Waals surface area (Å²) in [5, 5.41) is 17.1. The Bertz CT molecular complexity index is 1170. The van der Waals surface area contributed by atoms with Crippen LogP contribution in [0.1, 0.15) is 30.4 Å². The zero-order valence-corrected chi connectivity index (χ0v) is 15.2. The number of nitriles is 1. The van der Waals surface area contributed by atoms with Crippen molar-refractivity contribution in [3.05, 3.63) is 65.2 Å². The number of carbonyl (C=O) groups excluding carboxylic acids is 1. The average molecular weight is 390 g/mol. The molecule has 0 amide bonds. The highest BCUT2D eigenvalue weighted by atomic mass is 32.1. The van der Waals surface area contributed by atoms with E-state index in [1.807, 2.05) is 36.4 Å². The number of hydrogen-bond acceptors (Lipinski definition) is 6. The van der Waals surface area contributed by atoms with Crippen LogP contribution in [0, 0.1) is 11.3 Å². The Kier molecular flexibility index (Phi) is 5.52. The summed E-state index contributed by atoms with van der Waals surface area (Å²) >= 11 is 1.30. The van der Waals surface area contributed by atoms with Gasteiger partial charge in [-0.1, -0.05) is 37.8 Å². The van der Waals surface area contributed by atoms with Crippen molar-refractivity contribution in [2.24, 2.45) is 0 Å². The first-order valence-electron chi connectivity index (χ1n) is 8.32. The van der Waals surface area contributed by atoms with Crippen molar-refractivity contribution >= 4 is 28.2 Å². The summed E-state index contributed by atoms with van der Waals surface area (Å²) in [6.45, 7) is 2.04. The van der Waals surface area contributed by atoms with Gasteiger partial charge in [-0.05, 0) is 25.1 Å². The molecule has 0 aliphatic carbocycles. The fourth-order valence-corrected chi connectivity index (χ4v) is 3.56. The summed E-state index contributed by atoms with van der Waals surface area (Å²) in [6, 6.07) is 17.4. The third-order valence-corrected chi connectivity index (χ3v) is 4.83. The van der Waals surface area contributed by atoms with Crippen LogP contribution in [-0.4, -0.2) is 27.3 Å². The molecule has 28 heavy (non-hydrogen) atoms. The maximum absolute atomic E-state index is 11.9. The molecular weight excluding hydrogens is 372 g/mol. The fraction of sp³-hybridized carbons (Fsp3) is 0.143. The lowest BCUT2D eigenvalue weighted by Gasteiger charge is -1.99. The second-order valence-electron chi connectivity index (χ2n) is 5.71. The molecule has 0 saturated carbocycles. The number of fused-ring (bicyclic) bond motifs is 1. The standard InChI is InChI=1S/C20H14N4O2S.CH4/c1-2-26-19(25)16-12-27-20(22-16)24-17-10-13(11-21)8-9-15(17)18(23-24)14-6-4-3-5-7-14;/h3-10,12H,2H2,1H3;1H4. The minimum absolute atomic E-state index is 0. The Morgan fingerprint density at radius 2 is 2.04 bits per heavy atom. The number of benzene rings is 2. The van der Waals surface area contributed by atoms with E-state index >= 15 is 0 Å². The van der Waals surface area contributed by atoms with E-state index in [1.165, 1.54) is 11.3 Å². The summed E-state index contributed by atoms with van der Waals surface area (Å²) < 4.78 is 6.68. The lowest BCUT2D eigenvalue weighted by molar-refractivity contribution is 0.0520. The van der Waals surface area contributed by atoms with Crippen LogP contribution in [0.2, 0.25) is 0 Å². The van der Waals surface area contributed by atoms with E-state index in [2.05, 4.69) is 11.1 Å². The second-order valence-corrected chi connectivity index (χ2v) is 6.54. The van der Waals surface area contributed by atoms with Gasteiger partial charge in [0.2, 0.25) is 5.13 Å². The summed E-state index contributed by atoms with van der Waals surface area (Å²) in [5.74, 6) is -0.461. The van der Waals surface area contributed by atoms with Gasteiger partial charge in [-0.25, -0.2) is 14.5 Å². The number of thiazole rings is 1. The van der Waals surface area contributed by atoms with Crippen molar-refractivity contribution in [1.82, 2.24) is 14.8 Å². The van der Waals surface area contributed by atoms with Crippen LogP contribution in [0.5, 0.6) is 0 Å². The predicted molar refractivity (Wildman–Crippen MR) is 110 cm³/mol. The van der Waals surface area contributed by atoms with Crippen LogP contribution in [0.25, 0.3) is 27.3 Å². The van der Waals surface area contributed by atoms with Gasteiger partial charge in [-0.2, -0.15) is 10.4 Å². The quantitative estimate of drug-likeness (QED) is 0.466. The number of nitrogens with zero attached hydrogens (tertiary/aromatic N) is 4. The maximum Gasteiger partial charge on any atom is 0.357 e. The number of rotatable bonds is 4. The van der Waals surface area contributed by atoms with Crippen molar-refractivity contribution in [3.63, 3.8) is 0 Å². The molecule has 0 spiro atoms. The first kappa shape index (κ1) is 19.3. The molecule has 0 atom stereocenters. The summed E-state index contributed by atoms with van der Waals surface area (Å²) in [4.78, 5) is 16.3. The van der Waals surface area contributed by atoms with Gasteiger partial charge in [0.15, 0.2) is 5.69 Å². The highest BCUT2D eigenvalue weighted by Gasteiger charge is 2.18. The summed E-state index contributed by atoms with van der Waals surface area (Å²) in [5.41, 5.74) is 3.30. The van der Waals surface area contributed by atoms with E-state index in [0.29, 0.717) is 17.3 Å². The molecule has 140 valence electrons. The molecule has 2 aromatic carbocycles. The van der Waals surface area contributed by atoms with Gasteiger partial charge < -0.3 is 4.74 Å². The molecule has 0 aliphatic rings. The van der Waals surface area contributed by atoms with Crippen LogP contribution >= 0.6 is 11.3 Å². The van der Waals surface area contributed by atoms with Crippen LogP contribution in [0.3, 0.4) is 0 Å². The third kappa shape index (κ3) is 3.38. The predicted octanol–water partition coefficient (Wildman–Crippen LogP) is 4.83. The molecular formula is C21H18N4O2S. The first-order valence-corrected chi connectivity index (χ1v) is 9.20. The molecule has 0 saturated heterocycles. The summed E-state index contributed by atoms with van der Waals surface area (Å²) in [6.07, 6.45) is 0. The van der Waals surface area contributed by atoms with E-state index in [1.54, 1.807) is 29.1 Å². The molecule has 7 heteroatoms. The van der Waals surface area contributed by atoms with E-state index in [0.717, 1.165) is 22.2 Å². The lowest BCUT2D eigenvalue weighted by atomic mass is 10.1. The van der Waals surface area contributed by atoms with Gasteiger partial charge in [0.05, 0.1) is 23.8 Å². The molecule has 0 bridgehead atoms. The van der Waals surface area contributed by atoms with Crippen molar-refractivity contribution in [1.29, 1.82) is 5.26 Å². The molecule has 4 aromatic rings. The molecule has 0 unspecified atom stereocenters. The molecule has 0 aliphatic heterocycles. The topological polar surface area (TPSA) is 80.8 Å². The lowest BCUT2D eigenvalue weighted by Crippen LogP contribution is -2.05. The Morgan fingerprint density at radius 3 is 2.75 bits per heavy atom. The van der Waals surface area contributed by atoms with Gasteiger partial charge in [0.25, 0.3) is 0 Å². The number of esters is 1. The van der Waals surface area contributed by atoms with Crippen molar-refractivity contribution < 1.29 is 9.53 Å². The largest absolute Gasteiger partial charge is 0.461 e. The van der Waals surface area contributed by atoms with E-state index in [4.69, 9.17) is 9.84 Å². The van der Waals surface area contributed by atoms with E-state index in [-0.39, 0.29) is 13.1 Å². The molecule has 6 nitrogen and oxygen atoms in total. The Morgan fingerprint density at radius 1 is 1.25 bits per heavy atom. The van der Waals surface area contributed by atoms with Gasteiger partial charge in [-0.3, -0.25) is 0 Å². The van der Waals surface area contributed by atoms with Crippen LogP contribution < -0.4 is 0 Å². The van der Waals surface area contributed by atoms with E-state index < -0.39 is 5.97 Å². The first-order chi connectivity index (χ1) is 13.2. The molecule has 2 aromatic heterocycles. The van der Waals surface area contributed by atoms with Crippen molar-refractivity contribution in [2.45, 2.75) is 14.4 Å². The van der Waals surface area contributed by atoms with Gasteiger partial charge in [0.1, 0.15) is 5.69 Å². The van der Waals surface area contributed by atoms with Crippen molar-refractivity contribution in [2.75, 3.05) is 6.61 Å². The molecule has 4 rings (SSSR count). The SMILES string of the molecule is C.CCOC(=O)c1csc(-n2nc(-c3ccccc3)c3ccc(C#N)cc32)n1. The minimum Gasteiger partial charge on any atom is -0.461 e.